The van der Waals surface area contributed by atoms with Crippen LogP contribution in [0, 0.1) is 0 Å². The molecular formula is C17H16N4. The van der Waals surface area contributed by atoms with Gasteiger partial charge in [-0.2, -0.15) is 0 Å². The molecule has 104 valence electrons. The molecule has 21 heavy (non-hydrogen) atoms. The number of nitrogens with zero attached hydrogens (tertiary/aromatic N) is 3. The monoisotopic (exact) mass is 276 g/mol. The first-order valence-corrected chi connectivity index (χ1v) is 7.14. The largest absolute Gasteiger partial charge is 0.369 e. The maximum absolute atomic E-state index is 4.52. The molecule has 4 nitrogen and oxygen atoms in total. The number of benzene rings is 1. The van der Waals surface area contributed by atoms with Crippen LogP contribution in [-0.4, -0.2) is 21.1 Å². The second-order valence-electron chi connectivity index (χ2n) is 5.26. The molecule has 4 heteroatoms. The van der Waals surface area contributed by atoms with Crippen LogP contribution in [0.25, 0.3) is 22.6 Å². The van der Waals surface area contributed by atoms with E-state index in [0.717, 1.165) is 30.2 Å². The zero-order valence-corrected chi connectivity index (χ0v) is 11.9. The van der Waals surface area contributed by atoms with E-state index in [1.54, 1.807) is 6.33 Å². The minimum absolute atomic E-state index is 0.941. The van der Waals surface area contributed by atoms with Crippen LogP contribution >= 0.6 is 0 Å². The van der Waals surface area contributed by atoms with Gasteiger partial charge in [0.2, 0.25) is 0 Å². The summed E-state index contributed by atoms with van der Waals surface area (Å²) in [4.78, 5) is 8.83. The van der Waals surface area contributed by atoms with Crippen LogP contribution in [0.4, 0.5) is 5.82 Å². The smallest absolute Gasteiger partial charge is 0.133 e. The third-order valence-electron chi connectivity index (χ3n) is 4.05. The van der Waals surface area contributed by atoms with Gasteiger partial charge in [0.25, 0.3) is 0 Å². The predicted octanol–water partition coefficient (Wildman–Crippen LogP) is 3.12. The molecule has 3 heterocycles. The summed E-state index contributed by atoms with van der Waals surface area (Å²) in [7, 11) is 2.09. The van der Waals surface area contributed by atoms with Crippen LogP contribution in [0.2, 0.25) is 0 Å². The van der Waals surface area contributed by atoms with Crippen LogP contribution in [0.3, 0.4) is 0 Å². The van der Waals surface area contributed by atoms with Gasteiger partial charge in [-0.25, -0.2) is 9.97 Å². The normalized spacial score (nSPS) is 13.0. The summed E-state index contributed by atoms with van der Waals surface area (Å²) in [5, 5.41) is 3.31. The molecule has 3 aromatic rings. The Morgan fingerprint density at radius 1 is 1.00 bits per heavy atom. The molecule has 0 spiro atoms. The first-order valence-electron chi connectivity index (χ1n) is 7.14. The van der Waals surface area contributed by atoms with Crippen LogP contribution in [0.1, 0.15) is 5.56 Å². The molecule has 0 radical (unpaired) electrons. The number of hydrogen-bond acceptors (Lipinski definition) is 3. The fourth-order valence-electron chi connectivity index (χ4n) is 2.98. The molecule has 1 aliphatic rings. The lowest BCUT2D eigenvalue weighted by atomic mass is 10.1. The number of anilines is 1. The number of nitrogens with one attached hydrogen (secondary N) is 1. The van der Waals surface area contributed by atoms with E-state index in [1.807, 2.05) is 6.07 Å². The highest BCUT2D eigenvalue weighted by Crippen LogP contribution is 2.32. The molecule has 0 aliphatic carbocycles. The van der Waals surface area contributed by atoms with Gasteiger partial charge in [0.15, 0.2) is 0 Å². The van der Waals surface area contributed by atoms with Gasteiger partial charge < -0.3 is 9.88 Å². The predicted molar refractivity (Wildman–Crippen MR) is 84.1 cm³/mol. The fraction of sp³-hybridized carbons (Fsp3) is 0.176. The van der Waals surface area contributed by atoms with Crippen molar-refractivity contribution in [1.29, 1.82) is 0 Å². The summed E-state index contributed by atoms with van der Waals surface area (Å²) >= 11 is 0. The van der Waals surface area contributed by atoms with Crippen molar-refractivity contribution in [2.75, 3.05) is 11.9 Å². The van der Waals surface area contributed by atoms with E-state index in [-0.39, 0.29) is 0 Å². The van der Waals surface area contributed by atoms with E-state index in [4.69, 9.17) is 0 Å². The molecule has 0 bridgehead atoms. The zero-order valence-electron chi connectivity index (χ0n) is 11.9. The average molecular weight is 276 g/mol. The Balaban J connectivity index is 1.85. The highest BCUT2D eigenvalue weighted by atomic mass is 15.1. The Morgan fingerprint density at radius 2 is 1.81 bits per heavy atom. The first kappa shape index (κ1) is 12.1. The van der Waals surface area contributed by atoms with E-state index in [9.17, 15) is 0 Å². The van der Waals surface area contributed by atoms with Crippen molar-refractivity contribution in [3.8, 4) is 22.6 Å². The quantitative estimate of drug-likeness (QED) is 0.782. The Bertz CT molecular complexity index is 790. The van der Waals surface area contributed by atoms with Gasteiger partial charge >= 0.3 is 0 Å². The number of rotatable bonds is 2. The van der Waals surface area contributed by atoms with E-state index < -0.39 is 0 Å². The SMILES string of the molecule is Cn1c(-c2ccccc2)ccc1-c1ncnc2c1CCN2. The summed E-state index contributed by atoms with van der Waals surface area (Å²) in [5.74, 6) is 0.975. The lowest BCUT2D eigenvalue weighted by Crippen LogP contribution is -1.99. The minimum Gasteiger partial charge on any atom is -0.369 e. The van der Waals surface area contributed by atoms with Crippen LogP contribution in [-0.2, 0) is 13.5 Å². The maximum atomic E-state index is 4.52. The van der Waals surface area contributed by atoms with Gasteiger partial charge in [-0.1, -0.05) is 30.3 Å². The second-order valence-corrected chi connectivity index (χ2v) is 5.26. The second kappa shape index (κ2) is 4.74. The van der Waals surface area contributed by atoms with Gasteiger partial charge in [-0.3, -0.25) is 0 Å². The molecule has 0 atom stereocenters. The molecule has 0 fully saturated rings. The van der Waals surface area contributed by atoms with E-state index in [1.165, 1.54) is 16.8 Å². The van der Waals surface area contributed by atoms with Crippen LogP contribution in [0.5, 0.6) is 0 Å². The zero-order chi connectivity index (χ0) is 14.2. The van der Waals surface area contributed by atoms with Gasteiger partial charge in [-0.15, -0.1) is 0 Å². The average Bonchev–Trinajstić information content (AvgIpc) is 3.14. The van der Waals surface area contributed by atoms with E-state index in [2.05, 4.69) is 63.3 Å². The molecule has 0 saturated heterocycles. The van der Waals surface area contributed by atoms with E-state index >= 15 is 0 Å². The summed E-state index contributed by atoms with van der Waals surface area (Å²) in [6, 6.07) is 14.7. The fourth-order valence-corrected chi connectivity index (χ4v) is 2.98. The van der Waals surface area contributed by atoms with Crippen LogP contribution < -0.4 is 5.32 Å². The van der Waals surface area contributed by atoms with Crippen molar-refractivity contribution in [3.63, 3.8) is 0 Å². The number of aromatic nitrogens is 3. The van der Waals surface area contributed by atoms with Crippen molar-refractivity contribution in [3.05, 3.63) is 54.4 Å². The van der Waals surface area contributed by atoms with Crippen molar-refractivity contribution in [2.45, 2.75) is 6.42 Å². The summed E-state index contributed by atoms with van der Waals surface area (Å²) < 4.78 is 2.20. The number of fused-ring (bicyclic) bond motifs is 1. The van der Waals surface area contributed by atoms with Gasteiger partial charge in [0.05, 0.1) is 11.4 Å². The molecule has 0 saturated carbocycles. The molecule has 1 N–H and O–H groups in total. The Kier molecular flexibility index (Phi) is 2.74. The van der Waals surface area contributed by atoms with Crippen molar-refractivity contribution < 1.29 is 0 Å². The molecule has 1 aliphatic heterocycles. The lowest BCUT2D eigenvalue weighted by Gasteiger charge is -2.10. The van der Waals surface area contributed by atoms with E-state index in [0.29, 0.717) is 0 Å². The summed E-state index contributed by atoms with van der Waals surface area (Å²) in [5.41, 5.74) is 5.81. The van der Waals surface area contributed by atoms with Gasteiger partial charge in [0, 0.05) is 24.8 Å². The molecule has 0 unspecified atom stereocenters. The topological polar surface area (TPSA) is 42.7 Å². The van der Waals surface area contributed by atoms with Crippen molar-refractivity contribution in [2.24, 2.45) is 7.05 Å². The summed E-state index contributed by atoms with van der Waals surface area (Å²) in [6.45, 7) is 0.941. The van der Waals surface area contributed by atoms with Crippen LogP contribution in [0.15, 0.2) is 48.8 Å². The third kappa shape index (κ3) is 1.91. The summed E-state index contributed by atoms with van der Waals surface area (Å²) in [6.07, 6.45) is 2.62. The highest BCUT2D eigenvalue weighted by molar-refractivity contribution is 5.72. The van der Waals surface area contributed by atoms with Crippen molar-refractivity contribution in [1.82, 2.24) is 14.5 Å². The van der Waals surface area contributed by atoms with Gasteiger partial charge in [0.1, 0.15) is 12.1 Å². The van der Waals surface area contributed by atoms with Crippen molar-refractivity contribution >= 4 is 5.82 Å². The number of hydrogen-bond donors (Lipinski definition) is 1. The molecular weight excluding hydrogens is 260 g/mol. The third-order valence-corrected chi connectivity index (χ3v) is 4.05. The Labute approximate surface area is 123 Å². The Hall–Kier alpha value is -2.62. The lowest BCUT2D eigenvalue weighted by molar-refractivity contribution is 0.932. The highest BCUT2D eigenvalue weighted by Gasteiger charge is 2.20. The molecule has 4 rings (SSSR count). The first-order chi connectivity index (χ1) is 10.3. The molecule has 0 amide bonds. The molecule has 1 aromatic carbocycles. The molecule has 2 aromatic heterocycles. The minimum atomic E-state index is 0.941. The van der Waals surface area contributed by atoms with Gasteiger partial charge in [-0.05, 0) is 24.1 Å². The standard InChI is InChI=1S/C17H16N4/c1-21-14(12-5-3-2-4-6-12)7-8-15(21)16-13-9-10-18-17(13)20-11-19-16/h2-8,11H,9-10H2,1H3,(H,18,19,20). The Morgan fingerprint density at radius 3 is 2.67 bits per heavy atom. The maximum Gasteiger partial charge on any atom is 0.133 e.